The average molecular weight is 865 g/mol. The molecule has 0 aliphatic carbocycles. The fraction of sp³-hybridized carbons (Fsp3) is 0.956. The van der Waals surface area contributed by atoms with E-state index in [1.165, 1.54) is 103 Å². The summed E-state index contributed by atoms with van der Waals surface area (Å²) in [6.45, 7) is 2.46. The molecule has 2 aliphatic rings. The Kier molecular flexibility index (Phi) is 30.9. The summed E-state index contributed by atoms with van der Waals surface area (Å²) in [4.78, 5) is 25.3. The number of hydrogen-bond donors (Lipinski definition) is 7. The van der Waals surface area contributed by atoms with Crippen molar-refractivity contribution in [2.24, 2.45) is 0 Å². The van der Waals surface area contributed by atoms with Crippen molar-refractivity contribution in [3.63, 3.8) is 0 Å². The average Bonchev–Trinajstić information content (AvgIpc) is 3.24. The summed E-state index contributed by atoms with van der Waals surface area (Å²) in [5, 5.41) is 71.6. The Hall–Kier alpha value is -1.50. The minimum absolute atomic E-state index is 0.172. The normalized spacial score (nSPS) is 27.5. The minimum Gasteiger partial charge on any atom is -0.462 e. The van der Waals surface area contributed by atoms with Crippen LogP contribution in [0.15, 0.2) is 0 Å². The first-order valence-corrected chi connectivity index (χ1v) is 23.6. The van der Waals surface area contributed by atoms with E-state index >= 15 is 0 Å². The lowest BCUT2D eigenvalue weighted by Gasteiger charge is -2.42. The van der Waals surface area contributed by atoms with Crippen LogP contribution in [0.3, 0.4) is 0 Å². The highest BCUT2D eigenvalue weighted by molar-refractivity contribution is 5.70. The van der Waals surface area contributed by atoms with Crippen LogP contribution in [0, 0.1) is 0 Å². The second kappa shape index (κ2) is 34.0. The van der Waals surface area contributed by atoms with Crippen LogP contribution in [0.2, 0.25) is 0 Å². The number of hydrogen-bond acceptors (Lipinski definition) is 15. The van der Waals surface area contributed by atoms with Crippen molar-refractivity contribution in [2.75, 3.05) is 26.4 Å². The SMILES string of the molecule is CCCCCCCCCCCCCCCCCCCCCCC(=O)OC(COC(=O)CCCCCC)COC1OC(COC2OC(CO)C(O)C(O)C2O)C(O)C(O)C1O. The molecular formula is C45H84O15. The van der Waals surface area contributed by atoms with E-state index in [4.69, 9.17) is 28.4 Å². The molecule has 0 spiro atoms. The highest BCUT2D eigenvalue weighted by Gasteiger charge is 2.47. The first-order valence-electron chi connectivity index (χ1n) is 23.6. The number of ether oxygens (including phenoxy) is 6. The maximum atomic E-state index is 12.9. The molecule has 0 saturated carbocycles. The largest absolute Gasteiger partial charge is 0.462 e. The fourth-order valence-electron chi connectivity index (χ4n) is 7.63. The number of esters is 2. The smallest absolute Gasteiger partial charge is 0.306 e. The Labute approximate surface area is 359 Å². The van der Waals surface area contributed by atoms with Crippen LogP contribution in [-0.2, 0) is 38.0 Å². The molecule has 15 heteroatoms. The summed E-state index contributed by atoms with van der Waals surface area (Å²) in [6, 6.07) is 0. The summed E-state index contributed by atoms with van der Waals surface area (Å²) in [7, 11) is 0. The summed E-state index contributed by atoms with van der Waals surface area (Å²) < 4.78 is 33.3. The summed E-state index contributed by atoms with van der Waals surface area (Å²) in [6.07, 6.45) is 12.3. The molecule has 0 radical (unpaired) electrons. The van der Waals surface area contributed by atoms with E-state index in [2.05, 4.69) is 13.8 Å². The van der Waals surface area contributed by atoms with Crippen molar-refractivity contribution < 1.29 is 73.8 Å². The van der Waals surface area contributed by atoms with E-state index in [0.29, 0.717) is 12.8 Å². The molecule has 2 fully saturated rings. The predicted molar refractivity (Wildman–Crippen MR) is 225 cm³/mol. The van der Waals surface area contributed by atoms with Crippen LogP contribution in [0.5, 0.6) is 0 Å². The number of unbranched alkanes of at least 4 members (excludes halogenated alkanes) is 22. The first-order chi connectivity index (χ1) is 29.0. The van der Waals surface area contributed by atoms with Crippen molar-refractivity contribution in [3.8, 4) is 0 Å². The molecule has 2 saturated heterocycles. The Bertz CT molecular complexity index is 1070. The molecule has 0 amide bonds. The molecule has 7 N–H and O–H groups in total. The van der Waals surface area contributed by atoms with E-state index in [1.807, 2.05) is 0 Å². The molecular weight excluding hydrogens is 780 g/mol. The zero-order chi connectivity index (χ0) is 44.0. The third-order valence-corrected chi connectivity index (χ3v) is 11.6. The molecule has 15 nitrogen and oxygen atoms in total. The van der Waals surface area contributed by atoms with Crippen LogP contribution >= 0.6 is 0 Å². The number of rotatable bonds is 36. The quantitative estimate of drug-likeness (QED) is 0.0315. The predicted octanol–water partition coefficient (Wildman–Crippen LogP) is 5.26. The van der Waals surface area contributed by atoms with Crippen LogP contribution in [0.1, 0.15) is 181 Å². The van der Waals surface area contributed by atoms with Gasteiger partial charge in [0.25, 0.3) is 0 Å². The summed E-state index contributed by atoms with van der Waals surface area (Å²) in [5.41, 5.74) is 0. The Morgan fingerprint density at radius 3 is 1.32 bits per heavy atom. The van der Waals surface area contributed by atoms with Crippen molar-refractivity contribution >= 4 is 11.9 Å². The molecule has 60 heavy (non-hydrogen) atoms. The van der Waals surface area contributed by atoms with Crippen LogP contribution < -0.4 is 0 Å². The zero-order valence-electron chi connectivity index (χ0n) is 37.0. The van der Waals surface area contributed by atoms with Crippen LogP contribution in [0.25, 0.3) is 0 Å². The summed E-state index contributed by atoms with van der Waals surface area (Å²) in [5.74, 6) is -0.935. The number of carbonyl (C=O) groups is 2. The van der Waals surface area contributed by atoms with Gasteiger partial charge in [-0.05, 0) is 12.8 Å². The minimum atomic E-state index is -1.76. The van der Waals surface area contributed by atoms with Gasteiger partial charge in [0.2, 0.25) is 0 Å². The molecule has 2 aliphatic heterocycles. The van der Waals surface area contributed by atoms with Crippen LogP contribution in [0.4, 0.5) is 0 Å². The van der Waals surface area contributed by atoms with Gasteiger partial charge in [0.05, 0.1) is 19.8 Å². The lowest BCUT2D eigenvalue weighted by molar-refractivity contribution is -0.332. The maximum absolute atomic E-state index is 12.9. The molecule has 0 bridgehead atoms. The van der Waals surface area contributed by atoms with Gasteiger partial charge in [-0.15, -0.1) is 0 Å². The Balaban J connectivity index is 1.72. The molecule has 11 atom stereocenters. The van der Waals surface area contributed by atoms with Crippen molar-refractivity contribution in [1.29, 1.82) is 0 Å². The molecule has 0 aromatic carbocycles. The van der Waals surface area contributed by atoms with Gasteiger partial charge < -0.3 is 64.2 Å². The lowest BCUT2D eigenvalue weighted by atomic mass is 9.98. The number of aliphatic hydroxyl groups is 7. The van der Waals surface area contributed by atoms with Gasteiger partial charge in [-0.25, -0.2) is 0 Å². The van der Waals surface area contributed by atoms with Crippen molar-refractivity contribution in [3.05, 3.63) is 0 Å². The zero-order valence-corrected chi connectivity index (χ0v) is 37.0. The van der Waals surface area contributed by atoms with Gasteiger partial charge in [-0.1, -0.05) is 155 Å². The molecule has 0 aromatic heterocycles. The van der Waals surface area contributed by atoms with E-state index < -0.39 is 92.7 Å². The Morgan fingerprint density at radius 2 is 0.850 bits per heavy atom. The van der Waals surface area contributed by atoms with Gasteiger partial charge >= 0.3 is 11.9 Å². The third kappa shape index (κ3) is 22.7. The molecule has 0 aromatic rings. The second-order valence-electron chi connectivity index (χ2n) is 17.0. The molecule has 354 valence electrons. The fourth-order valence-corrected chi connectivity index (χ4v) is 7.63. The topological polar surface area (TPSA) is 231 Å². The van der Waals surface area contributed by atoms with Crippen molar-refractivity contribution in [2.45, 2.75) is 248 Å². The highest BCUT2D eigenvalue weighted by Crippen LogP contribution is 2.26. The maximum Gasteiger partial charge on any atom is 0.306 e. The van der Waals surface area contributed by atoms with Crippen LogP contribution in [-0.4, -0.2) is 142 Å². The van der Waals surface area contributed by atoms with Gasteiger partial charge in [0.15, 0.2) is 18.7 Å². The van der Waals surface area contributed by atoms with Crippen molar-refractivity contribution in [1.82, 2.24) is 0 Å². The molecule has 2 rings (SSSR count). The van der Waals surface area contributed by atoms with Gasteiger partial charge in [0.1, 0.15) is 55.4 Å². The number of carbonyl (C=O) groups excluding carboxylic acids is 2. The molecule has 11 unspecified atom stereocenters. The second-order valence-corrected chi connectivity index (χ2v) is 17.0. The molecule has 2 heterocycles. The van der Waals surface area contributed by atoms with Gasteiger partial charge in [-0.2, -0.15) is 0 Å². The van der Waals surface area contributed by atoms with Gasteiger partial charge in [0, 0.05) is 12.8 Å². The van der Waals surface area contributed by atoms with E-state index in [0.717, 1.165) is 38.5 Å². The van der Waals surface area contributed by atoms with E-state index in [1.54, 1.807) is 0 Å². The summed E-state index contributed by atoms with van der Waals surface area (Å²) >= 11 is 0. The monoisotopic (exact) mass is 865 g/mol. The standard InChI is InChI=1S/C45H84O15/c1-3-5-7-9-10-11-12-13-14-15-16-17-18-19-20-21-22-23-24-26-28-37(48)58-33(30-55-36(47)27-25-8-6-4-2)31-56-44-43(54)41(52)39(50)35(60-44)32-57-45-42(53)40(51)38(49)34(29-46)59-45/h33-35,38-46,49-54H,3-32H2,1-2H3. The highest BCUT2D eigenvalue weighted by atomic mass is 16.7. The van der Waals surface area contributed by atoms with E-state index in [-0.39, 0.29) is 26.1 Å². The Morgan fingerprint density at radius 1 is 0.467 bits per heavy atom. The first kappa shape index (κ1) is 54.6. The van der Waals surface area contributed by atoms with Gasteiger partial charge in [-0.3, -0.25) is 9.59 Å². The third-order valence-electron chi connectivity index (χ3n) is 11.6. The van der Waals surface area contributed by atoms with E-state index in [9.17, 15) is 45.3 Å². The number of aliphatic hydroxyl groups excluding tert-OH is 7. The lowest BCUT2D eigenvalue weighted by Crippen LogP contribution is -2.61.